The van der Waals surface area contributed by atoms with Crippen LogP contribution in [0.5, 0.6) is 0 Å². The van der Waals surface area contributed by atoms with Gasteiger partial charge in [0.2, 0.25) is 0 Å². The first-order valence-corrected chi connectivity index (χ1v) is 7.27. The summed E-state index contributed by atoms with van der Waals surface area (Å²) in [6.45, 7) is 0. The first kappa shape index (κ1) is 13.3. The molecule has 0 aromatic carbocycles. The highest BCUT2D eigenvalue weighted by molar-refractivity contribution is 5.81. The molecule has 3 nitrogen and oxygen atoms in total. The van der Waals surface area contributed by atoms with Crippen molar-refractivity contribution in [2.24, 2.45) is 13.0 Å². The summed E-state index contributed by atoms with van der Waals surface area (Å²) in [6, 6.07) is 2.01. The van der Waals surface area contributed by atoms with E-state index in [4.69, 9.17) is 0 Å². The second kappa shape index (κ2) is 6.72. The summed E-state index contributed by atoms with van der Waals surface area (Å²) < 4.78 is 1.87. The van der Waals surface area contributed by atoms with Crippen molar-refractivity contribution in [2.45, 2.75) is 57.8 Å². The second-order valence-corrected chi connectivity index (χ2v) is 5.45. The Balaban J connectivity index is 1.81. The molecular formula is C15H24N2O. The maximum Gasteiger partial charge on any atom is 0.136 e. The Morgan fingerprint density at radius 1 is 1.28 bits per heavy atom. The molecule has 1 aliphatic carbocycles. The summed E-state index contributed by atoms with van der Waals surface area (Å²) >= 11 is 0. The quantitative estimate of drug-likeness (QED) is 0.819. The fourth-order valence-corrected chi connectivity index (χ4v) is 2.88. The van der Waals surface area contributed by atoms with E-state index >= 15 is 0 Å². The summed E-state index contributed by atoms with van der Waals surface area (Å²) in [5, 5.41) is 4.14. The van der Waals surface area contributed by atoms with Gasteiger partial charge in [0, 0.05) is 31.3 Å². The van der Waals surface area contributed by atoms with E-state index in [1.54, 1.807) is 6.20 Å². The number of rotatable bonds is 4. The van der Waals surface area contributed by atoms with E-state index in [2.05, 4.69) is 5.10 Å². The van der Waals surface area contributed by atoms with Gasteiger partial charge in [-0.3, -0.25) is 9.48 Å². The molecule has 1 saturated carbocycles. The van der Waals surface area contributed by atoms with Gasteiger partial charge >= 0.3 is 0 Å². The minimum atomic E-state index is 0.332. The Labute approximate surface area is 110 Å². The molecule has 0 atom stereocenters. The fourth-order valence-electron chi connectivity index (χ4n) is 2.88. The maximum atomic E-state index is 12.2. The summed E-state index contributed by atoms with van der Waals surface area (Å²) in [5.74, 6) is 0.802. The van der Waals surface area contributed by atoms with Gasteiger partial charge in [-0.2, -0.15) is 5.10 Å². The van der Waals surface area contributed by atoms with Crippen molar-refractivity contribution in [2.75, 3.05) is 0 Å². The van der Waals surface area contributed by atoms with E-state index in [1.807, 2.05) is 17.8 Å². The number of Topliss-reactive ketones (excluding diaryl/α,β-unsaturated/α-hetero) is 1. The van der Waals surface area contributed by atoms with Gasteiger partial charge in [0.1, 0.15) is 5.78 Å². The number of ketones is 1. The highest BCUT2D eigenvalue weighted by atomic mass is 16.1. The predicted octanol–water partition coefficient (Wildman–Crippen LogP) is 3.28. The zero-order chi connectivity index (χ0) is 12.8. The molecule has 100 valence electrons. The number of carbonyl (C=O) groups excluding carboxylic acids is 1. The highest BCUT2D eigenvalue weighted by Gasteiger charge is 2.19. The van der Waals surface area contributed by atoms with Crippen LogP contribution in [0.1, 0.15) is 57.1 Å². The van der Waals surface area contributed by atoms with Gasteiger partial charge in [-0.1, -0.05) is 32.1 Å². The molecule has 1 aromatic heterocycles. The first-order valence-electron chi connectivity index (χ1n) is 7.27. The minimum Gasteiger partial charge on any atom is -0.299 e. The third-order valence-electron chi connectivity index (χ3n) is 4.11. The Morgan fingerprint density at radius 3 is 2.56 bits per heavy atom. The van der Waals surface area contributed by atoms with Gasteiger partial charge in [0.05, 0.1) is 0 Å². The van der Waals surface area contributed by atoms with Crippen LogP contribution in [-0.4, -0.2) is 15.6 Å². The normalized spacial score (nSPS) is 18.3. The molecule has 2 rings (SSSR count). The second-order valence-electron chi connectivity index (χ2n) is 5.45. The van der Waals surface area contributed by atoms with E-state index in [0.29, 0.717) is 18.1 Å². The van der Waals surface area contributed by atoms with E-state index in [1.165, 1.54) is 32.1 Å². The summed E-state index contributed by atoms with van der Waals surface area (Å²) in [7, 11) is 1.94. The summed E-state index contributed by atoms with van der Waals surface area (Å²) in [5.41, 5.74) is 1.16. The number of hydrogen-bond donors (Lipinski definition) is 0. The van der Waals surface area contributed by atoms with Crippen LogP contribution in [0.3, 0.4) is 0 Å². The Bertz CT molecular complexity index is 376. The molecular weight excluding hydrogens is 224 g/mol. The SMILES string of the molecule is Cn1nccc1CCC(=O)C1CCCCCCC1. The van der Waals surface area contributed by atoms with Gasteiger partial charge in [-0.15, -0.1) is 0 Å². The van der Waals surface area contributed by atoms with E-state index in [9.17, 15) is 4.79 Å². The Morgan fingerprint density at radius 2 is 1.94 bits per heavy atom. The predicted molar refractivity (Wildman–Crippen MR) is 72.3 cm³/mol. The lowest BCUT2D eigenvalue weighted by molar-refractivity contribution is -0.123. The number of hydrogen-bond acceptors (Lipinski definition) is 2. The number of aromatic nitrogens is 2. The van der Waals surface area contributed by atoms with Crippen LogP contribution < -0.4 is 0 Å². The molecule has 3 heteroatoms. The van der Waals surface area contributed by atoms with Crippen LogP contribution >= 0.6 is 0 Å². The molecule has 0 N–H and O–H groups in total. The summed E-state index contributed by atoms with van der Waals surface area (Å²) in [6.07, 6.45) is 12.0. The van der Waals surface area contributed by atoms with Crippen molar-refractivity contribution in [3.63, 3.8) is 0 Å². The molecule has 1 fully saturated rings. The topological polar surface area (TPSA) is 34.9 Å². The first-order chi connectivity index (χ1) is 8.77. The average molecular weight is 248 g/mol. The van der Waals surface area contributed by atoms with Crippen molar-refractivity contribution in [3.8, 4) is 0 Å². The van der Waals surface area contributed by atoms with Crippen LogP contribution in [0.2, 0.25) is 0 Å². The van der Waals surface area contributed by atoms with Crippen molar-refractivity contribution in [1.82, 2.24) is 9.78 Å². The maximum absolute atomic E-state index is 12.2. The largest absolute Gasteiger partial charge is 0.299 e. The Hall–Kier alpha value is -1.12. The molecule has 18 heavy (non-hydrogen) atoms. The van der Waals surface area contributed by atoms with Crippen molar-refractivity contribution in [3.05, 3.63) is 18.0 Å². The average Bonchev–Trinajstić information content (AvgIpc) is 2.71. The number of nitrogens with zero attached hydrogens (tertiary/aromatic N) is 2. The van der Waals surface area contributed by atoms with E-state index in [0.717, 1.165) is 25.0 Å². The third kappa shape index (κ3) is 3.69. The molecule has 1 heterocycles. The van der Waals surface area contributed by atoms with Gasteiger partial charge in [-0.05, 0) is 25.3 Å². The van der Waals surface area contributed by atoms with Crippen molar-refractivity contribution < 1.29 is 4.79 Å². The molecule has 0 radical (unpaired) electrons. The van der Waals surface area contributed by atoms with Crippen LogP contribution in [0.4, 0.5) is 0 Å². The lowest BCUT2D eigenvalue weighted by Crippen LogP contribution is -2.17. The number of carbonyl (C=O) groups is 1. The third-order valence-corrected chi connectivity index (χ3v) is 4.11. The van der Waals surface area contributed by atoms with Gasteiger partial charge in [0.25, 0.3) is 0 Å². The van der Waals surface area contributed by atoms with Gasteiger partial charge < -0.3 is 0 Å². The van der Waals surface area contributed by atoms with Crippen LogP contribution in [0, 0.1) is 5.92 Å². The molecule has 0 saturated heterocycles. The number of aryl methyl sites for hydroxylation is 2. The molecule has 0 amide bonds. The molecule has 0 spiro atoms. The molecule has 1 aliphatic rings. The zero-order valence-electron chi connectivity index (χ0n) is 11.4. The van der Waals surface area contributed by atoms with Gasteiger partial charge in [-0.25, -0.2) is 0 Å². The van der Waals surface area contributed by atoms with E-state index in [-0.39, 0.29) is 0 Å². The molecule has 1 aromatic rings. The smallest absolute Gasteiger partial charge is 0.136 e. The standard InChI is InChI=1S/C15H24N2O/c1-17-14(11-12-16-17)9-10-15(18)13-7-5-3-2-4-6-8-13/h11-13H,2-10H2,1H3. The Kier molecular flexibility index (Phi) is 4.97. The van der Waals surface area contributed by atoms with Crippen LogP contribution in [0.25, 0.3) is 0 Å². The van der Waals surface area contributed by atoms with Crippen molar-refractivity contribution >= 4 is 5.78 Å². The lowest BCUT2D eigenvalue weighted by atomic mass is 9.86. The highest BCUT2D eigenvalue weighted by Crippen LogP contribution is 2.24. The summed E-state index contributed by atoms with van der Waals surface area (Å²) in [4.78, 5) is 12.2. The van der Waals surface area contributed by atoms with E-state index < -0.39 is 0 Å². The minimum absolute atomic E-state index is 0.332. The zero-order valence-corrected chi connectivity index (χ0v) is 11.4. The fraction of sp³-hybridized carbons (Fsp3) is 0.733. The van der Waals surface area contributed by atoms with Gasteiger partial charge in [0.15, 0.2) is 0 Å². The van der Waals surface area contributed by atoms with Crippen LogP contribution in [0.15, 0.2) is 12.3 Å². The monoisotopic (exact) mass is 248 g/mol. The molecule has 0 aliphatic heterocycles. The molecule has 0 unspecified atom stereocenters. The van der Waals surface area contributed by atoms with Crippen molar-refractivity contribution in [1.29, 1.82) is 0 Å². The lowest BCUT2D eigenvalue weighted by Gasteiger charge is -2.18. The van der Waals surface area contributed by atoms with Crippen LogP contribution in [-0.2, 0) is 18.3 Å². The molecule has 0 bridgehead atoms.